The van der Waals surface area contributed by atoms with Crippen molar-refractivity contribution in [1.82, 2.24) is 4.98 Å². The second kappa shape index (κ2) is 5.83. The van der Waals surface area contributed by atoms with Gasteiger partial charge in [0.2, 0.25) is 0 Å². The number of aromatic nitrogens is 1. The van der Waals surface area contributed by atoms with Gasteiger partial charge in [-0.3, -0.25) is 4.98 Å². The molecule has 1 aromatic heterocycles. The van der Waals surface area contributed by atoms with Gasteiger partial charge < -0.3 is 10.6 Å². The molecule has 3 heteroatoms. The van der Waals surface area contributed by atoms with Crippen LogP contribution in [0.3, 0.4) is 0 Å². The molecular weight excluding hydrogens is 258 g/mol. The number of fused-ring (bicyclic) bond motifs is 1. The number of nitrogens with two attached hydrogens (primary N) is 1. The van der Waals surface area contributed by atoms with Crippen LogP contribution >= 0.6 is 0 Å². The normalized spacial score (nSPS) is 10.7. The summed E-state index contributed by atoms with van der Waals surface area (Å²) < 4.78 is 0. The molecule has 106 valence electrons. The van der Waals surface area contributed by atoms with Crippen molar-refractivity contribution in [2.24, 2.45) is 0 Å². The molecule has 0 aliphatic carbocycles. The molecule has 0 bridgehead atoms. The molecule has 0 saturated heterocycles. The van der Waals surface area contributed by atoms with E-state index in [9.17, 15) is 0 Å². The molecule has 0 saturated carbocycles. The molecule has 0 aliphatic rings. The van der Waals surface area contributed by atoms with Gasteiger partial charge in [0, 0.05) is 36.0 Å². The van der Waals surface area contributed by atoms with Crippen molar-refractivity contribution >= 4 is 22.3 Å². The first-order chi connectivity index (χ1) is 10.3. The Labute approximate surface area is 125 Å². The summed E-state index contributed by atoms with van der Waals surface area (Å²) in [6, 6.07) is 18.4. The fourth-order valence-electron chi connectivity index (χ4n) is 2.61. The number of hydrogen-bond donors (Lipinski definition) is 1. The molecule has 0 fully saturated rings. The van der Waals surface area contributed by atoms with Gasteiger partial charge in [0.15, 0.2) is 0 Å². The summed E-state index contributed by atoms with van der Waals surface area (Å²) >= 11 is 0. The highest BCUT2D eigenvalue weighted by Gasteiger charge is 2.08. The van der Waals surface area contributed by atoms with Crippen LogP contribution in [0, 0.1) is 0 Å². The second-order valence-electron chi connectivity index (χ2n) is 5.10. The van der Waals surface area contributed by atoms with Crippen molar-refractivity contribution in [3.8, 4) is 0 Å². The van der Waals surface area contributed by atoms with E-state index in [2.05, 4.69) is 47.1 Å². The summed E-state index contributed by atoms with van der Waals surface area (Å²) in [7, 11) is 0. The third kappa shape index (κ3) is 2.82. The molecule has 21 heavy (non-hydrogen) atoms. The second-order valence-corrected chi connectivity index (χ2v) is 5.10. The summed E-state index contributed by atoms with van der Waals surface area (Å²) in [6.07, 6.45) is 1.88. The summed E-state index contributed by atoms with van der Waals surface area (Å²) in [6.45, 7) is 3.94. The zero-order chi connectivity index (χ0) is 14.7. The smallest absolute Gasteiger partial charge is 0.0705 e. The molecule has 2 aromatic carbocycles. The van der Waals surface area contributed by atoms with Crippen molar-refractivity contribution in [3.05, 3.63) is 66.4 Å². The Kier molecular flexibility index (Phi) is 3.73. The minimum absolute atomic E-state index is 0.797. The van der Waals surface area contributed by atoms with E-state index in [1.54, 1.807) is 0 Å². The van der Waals surface area contributed by atoms with E-state index in [1.807, 2.05) is 30.5 Å². The number of anilines is 2. The molecule has 0 radical (unpaired) electrons. The molecule has 3 rings (SSSR count). The number of nitrogens with zero attached hydrogens (tertiary/aromatic N) is 2. The topological polar surface area (TPSA) is 42.2 Å². The summed E-state index contributed by atoms with van der Waals surface area (Å²) in [5, 5.41) is 1.21. The van der Waals surface area contributed by atoms with Crippen LogP contribution in [-0.4, -0.2) is 11.5 Å². The van der Waals surface area contributed by atoms with E-state index in [0.29, 0.717) is 0 Å². The third-order valence-electron chi connectivity index (χ3n) is 3.72. The first-order valence-electron chi connectivity index (χ1n) is 7.21. The zero-order valence-electron chi connectivity index (χ0n) is 12.2. The van der Waals surface area contributed by atoms with E-state index in [1.165, 1.54) is 10.9 Å². The van der Waals surface area contributed by atoms with E-state index in [0.717, 1.165) is 30.0 Å². The highest BCUT2D eigenvalue weighted by Crippen LogP contribution is 2.23. The predicted molar refractivity (Wildman–Crippen MR) is 89.3 cm³/mol. The summed E-state index contributed by atoms with van der Waals surface area (Å²) in [5.41, 5.74) is 10.2. The van der Waals surface area contributed by atoms with Gasteiger partial charge in [0.05, 0.1) is 5.52 Å². The summed E-state index contributed by atoms with van der Waals surface area (Å²) in [4.78, 5) is 6.74. The van der Waals surface area contributed by atoms with Crippen LogP contribution in [0.25, 0.3) is 10.9 Å². The summed E-state index contributed by atoms with van der Waals surface area (Å²) in [5.74, 6) is 0. The van der Waals surface area contributed by atoms with E-state index >= 15 is 0 Å². The maximum Gasteiger partial charge on any atom is 0.0705 e. The van der Waals surface area contributed by atoms with Gasteiger partial charge in [0.1, 0.15) is 0 Å². The van der Waals surface area contributed by atoms with Crippen molar-refractivity contribution in [1.29, 1.82) is 0 Å². The predicted octanol–water partition coefficient (Wildman–Crippen LogP) is 3.84. The molecule has 1 heterocycles. The number of pyridine rings is 1. The fourth-order valence-corrected chi connectivity index (χ4v) is 2.61. The largest absolute Gasteiger partial charge is 0.399 e. The lowest BCUT2D eigenvalue weighted by Gasteiger charge is -2.24. The number of nitrogen functional groups attached to an aromatic ring is 1. The molecule has 3 nitrogen and oxygen atoms in total. The van der Waals surface area contributed by atoms with Gasteiger partial charge in [-0.15, -0.1) is 0 Å². The molecule has 3 aromatic rings. The molecular formula is C18H19N3. The van der Waals surface area contributed by atoms with Crippen molar-refractivity contribution in [2.75, 3.05) is 17.2 Å². The van der Waals surface area contributed by atoms with Crippen LogP contribution in [0.1, 0.15) is 12.5 Å². The Bertz CT molecular complexity index is 747. The standard InChI is InChI=1S/C18H19N3/c1-2-21(16-7-5-6-15(19)12-16)13-14-10-11-20-18-9-4-3-8-17(14)18/h3-12H,2,13,19H2,1H3. The average molecular weight is 277 g/mol. The Morgan fingerprint density at radius 1 is 1.05 bits per heavy atom. The highest BCUT2D eigenvalue weighted by molar-refractivity contribution is 5.82. The average Bonchev–Trinajstić information content (AvgIpc) is 2.52. The molecule has 0 aliphatic heterocycles. The Morgan fingerprint density at radius 2 is 1.90 bits per heavy atom. The molecule has 0 spiro atoms. The lowest BCUT2D eigenvalue weighted by atomic mass is 10.1. The van der Waals surface area contributed by atoms with Crippen LogP contribution < -0.4 is 10.6 Å². The molecule has 0 atom stereocenters. The van der Waals surface area contributed by atoms with Gasteiger partial charge in [-0.1, -0.05) is 24.3 Å². The Balaban J connectivity index is 1.96. The maximum absolute atomic E-state index is 5.90. The van der Waals surface area contributed by atoms with Crippen molar-refractivity contribution in [2.45, 2.75) is 13.5 Å². The molecule has 0 amide bonds. The van der Waals surface area contributed by atoms with Crippen LogP contribution in [0.2, 0.25) is 0 Å². The fraction of sp³-hybridized carbons (Fsp3) is 0.167. The number of para-hydroxylation sites is 1. The van der Waals surface area contributed by atoms with E-state index < -0.39 is 0 Å². The monoisotopic (exact) mass is 277 g/mol. The molecule has 0 unspecified atom stereocenters. The first-order valence-corrected chi connectivity index (χ1v) is 7.21. The van der Waals surface area contributed by atoms with Gasteiger partial charge in [-0.2, -0.15) is 0 Å². The van der Waals surface area contributed by atoms with Crippen LogP contribution in [0.5, 0.6) is 0 Å². The van der Waals surface area contributed by atoms with Crippen molar-refractivity contribution in [3.63, 3.8) is 0 Å². The molecule has 2 N–H and O–H groups in total. The van der Waals surface area contributed by atoms with Gasteiger partial charge in [-0.25, -0.2) is 0 Å². The number of benzene rings is 2. The van der Waals surface area contributed by atoms with Crippen molar-refractivity contribution < 1.29 is 0 Å². The van der Waals surface area contributed by atoms with Gasteiger partial charge >= 0.3 is 0 Å². The number of hydrogen-bond acceptors (Lipinski definition) is 3. The van der Waals surface area contributed by atoms with Gasteiger partial charge in [-0.05, 0) is 42.8 Å². The lowest BCUT2D eigenvalue weighted by molar-refractivity contribution is 0.836. The highest BCUT2D eigenvalue weighted by atomic mass is 15.1. The minimum atomic E-state index is 0.797. The first kappa shape index (κ1) is 13.4. The SMILES string of the molecule is CCN(Cc1ccnc2ccccc12)c1cccc(N)c1. The third-order valence-corrected chi connectivity index (χ3v) is 3.72. The lowest BCUT2D eigenvalue weighted by Crippen LogP contribution is -2.22. The van der Waals surface area contributed by atoms with Crippen LogP contribution in [0.4, 0.5) is 11.4 Å². The zero-order valence-corrected chi connectivity index (χ0v) is 12.2. The van der Waals surface area contributed by atoms with Crippen LogP contribution in [-0.2, 0) is 6.54 Å². The minimum Gasteiger partial charge on any atom is -0.399 e. The van der Waals surface area contributed by atoms with Gasteiger partial charge in [0.25, 0.3) is 0 Å². The quantitative estimate of drug-likeness (QED) is 0.737. The van der Waals surface area contributed by atoms with E-state index in [-0.39, 0.29) is 0 Å². The van der Waals surface area contributed by atoms with E-state index in [4.69, 9.17) is 5.73 Å². The Morgan fingerprint density at radius 3 is 2.71 bits per heavy atom. The van der Waals surface area contributed by atoms with Crippen LogP contribution in [0.15, 0.2) is 60.8 Å². The number of rotatable bonds is 4. The Hall–Kier alpha value is -2.55. The maximum atomic E-state index is 5.90.